The van der Waals surface area contributed by atoms with Crippen LogP contribution >= 0.6 is 12.4 Å². The number of hydrogen-bond acceptors (Lipinski definition) is 3. The Labute approximate surface area is 105 Å². The maximum atomic E-state index is 4.27. The lowest BCUT2D eigenvalue weighted by Crippen LogP contribution is -2.37. The van der Waals surface area contributed by atoms with Crippen LogP contribution in [0.25, 0.3) is 0 Å². The molecule has 92 valence electrons. The van der Waals surface area contributed by atoms with Crippen molar-refractivity contribution in [3.05, 3.63) is 30.1 Å². The molecule has 0 spiro atoms. The maximum absolute atomic E-state index is 4.27. The van der Waals surface area contributed by atoms with Gasteiger partial charge in [0.25, 0.3) is 0 Å². The molecule has 0 saturated heterocycles. The third-order valence-electron chi connectivity index (χ3n) is 2.61. The summed E-state index contributed by atoms with van der Waals surface area (Å²) < 4.78 is 0. The van der Waals surface area contributed by atoms with Crippen LogP contribution in [0.5, 0.6) is 0 Å². The van der Waals surface area contributed by atoms with Crippen molar-refractivity contribution in [1.82, 2.24) is 15.2 Å². The molecular formula is C12H22ClN3. The Kier molecular flexibility index (Phi) is 8.16. The molecule has 1 rings (SSSR count). The van der Waals surface area contributed by atoms with Gasteiger partial charge in [0.1, 0.15) is 0 Å². The van der Waals surface area contributed by atoms with Gasteiger partial charge in [-0.25, -0.2) is 0 Å². The lowest BCUT2D eigenvalue weighted by Gasteiger charge is -2.23. The van der Waals surface area contributed by atoms with Gasteiger partial charge in [-0.3, -0.25) is 4.98 Å². The fourth-order valence-electron chi connectivity index (χ4n) is 1.56. The zero-order valence-corrected chi connectivity index (χ0v) is 11.1. The number of nitrogens with zero attached hydrogens (tertiary/aromatic N) is 2. The highest BCUT2D eigenvalue weighted by Crippen LogP contribution is 1.98. The van der Waals surface area contributed by atoms with E-state index in [0.717, 1.165) is 18.8 Å². The number of aromatic nitrogens is 1. The predicted octanol–water partition coefficient (Wildman–Crippen LogP) is 1.93. The van der Waals surface area contributed by atoms with E-state index in [4.69, 9.17) is 0 Å². The summed E-state index contributed by atoms with van der Waals surface area (Å²) in [5.41, 5.74) is 1.10. The molecule has 16 heavy (non-hydrogen) atoms. The van der Waals surface area contributed by atoms with Gasteiger partial charge in [-0.2, -0.15) is 0 Å². The molecule has 0 aliphatic carbocycles. The Morgan fingerprint density at radius 2 is 2.12 bits per heavy atom. The summed E-state index contributed by atoms with van der Waals surface area (Å²) in [6.45, 7) is 4.08. The predicted molar refractivity (Wildman–Crippen MR) is 71.0 cm³/mol. The largest absolute Gasteiger partial charge is 0.310 e. The fourth-order valence-corrected chi connectivity index (χ4v) is 1.56. The van der Waals surface area contributed by atoms with E-state index in [1.807, 2.05) is 24.4 Å². The first-order chi connectivity index (χ1) is 7.24. The highest BCUT2D eigenvalue weighted by molar-refractivity contribution is 5.85. The van der Waals surface area contributed by atoms with Gasteiger partial charge in [0.05, 0.1) is 5.69 Å². The number of nitrogens with one attached hydrogen (secondary N) is 1. The Balaban J connectivity index is 0.00000225. The van der Waals surface area contributed by atoms with Crippen LogP contribution in [0, 0.1) is 0 Å². The van der Waals surface area contributed by atoms with E-state index in [2.05, 4.69) is 36.2 Å². The number of rotatable bonds is 6. The van der Waals surface area contributed by atoms with E-state index >= 15 is 0 Å². The molecule has 0 amide bonds. The number of hydrogen-bond donors (Lipinski definition) is 1. The lowest BCUT2D eigenvalue weighted by atomic mass is 10.2. The van der Waals surface area contributed by atoms with E-state index < -0.39 is 0 Å². The molecule has 3 nitrogen and oxygen atoms in total. The van der Waals surface area contributed by atoms with Crippen molar-refractivity contribution in [2.45, 2.75) is 25.9 Å². The van der Waals surface area contributed by atoms with Gasteiger partial charge < -0.3 is 10.2 Å². The Hall–Kier alpha value is -0.640. The number of likely N-dealkylation sites (N-methyl/N-ethyl adjacent to an activating group) is 1. The molecule has 1 unspecified atom stereocenters. The van der Waals surface area contributed by atoms with E-state index in [0.29, 0.717) is 6.04 Å². The second-order valence-electron chi connectivity index (χ2n) is 3.98. The topological polar surface area (TPSA) is 28.2 Å². The maximum Gasteiger partial charge on any atom is 0.0541 e. The van der Waals surface area contributed by atoms with Crippen LogP contribution in [0.2, 0.25) is 0 Å². The van der Waals surface area contributed by atoms with Gasteiger partial charge in [-0.15, -0.1) is 12.4 Å². The molecule has 0 fully saturated rings. The quantitative estimate of drug-likeness (QED) is 0.828. The van der Waals surface area contributed by atoms with Crippen LogP contribution in [-0.4, -0.2) is 36.6 Å². The van der Waals surface area contributed by atoms with Crippen LogP contribution in [0.1, 0.15) is 19.0 Å². The van der Waals surface area contributed by atoms with Crippen LogP contribution in [0.15, 0.2) is 24.4 Å². The summed E-state index contributed by atoms with van der Waals surface area (Å²) in [6, 6.07) is 6.61. The first-order valence-electron chi connectivity index (χ1n) is 5.51. The standard InChI is InChI=1S/C12H21N3.ClH/c1-4-12(15(2)3)10-13-9-11-7-5-6-8-14-11;/h5-8,12-13H,4,9-10H2,1-3H3;1H. The Morgan fingerprint density at radius 1 is 1.38 bits per heavy atom. The van der Waals surface area contributed by atoms with Gasteiger partial charge in [0, 0.05) is 25.3 Å². The molecule has 1 atom stereocenters. The van der Waals surface area contributed by atoms with Gasteiger partial charge in [-0.05, 0) is 32.6 Å². The second-order valence-corrected chi connectivity index (χ2v) is 3.98. The van der Waals surface area contributed by atoms with Crippen molar-refractivity contribution in [3.63, 3.8) is 0 Å². The molecule has 0 bridgehead atoms. The third-order valence-corrected chi connectivity index (χ3v) is 2.61. The molecule has 4 heteroatoms. The van der Waals surface area contributed by atoms with E-state index in [1.165, 1.54) is 6.42 Å². The first-order valence-corrected chi connectivity index (χ1v) is 5.51. The summed E-state index contributed by atoms with van der Waals surface area (Å²) in [4.78, 5) is 6.53. The first kappa shape index (κ1) is 15.4. The zero-order chi connectivity index (χ0) is 11.1. The minimum Gasteiger partial charge on any atom is -0.310 e. The van der Waals surface area contributed by atoms with Crippen LogP contribution < -0.4 is 5.32 Å². The van der Waals surface area contributed by atoms with Gasteiger partial charge in [-0.1, -0.05) is 13.0 Å². The van der Waals surface area contributed by atoms with Crippen LogP contribution in [0.3, 0.4) is 0 Å². The van der Waals surface area contributed by atoms with Crippen molar-refractivity contribution in [1.29, 1.82) is 0 Å². The summed E-state index contributed by atoms with van der Waals surface area (Å²) in [5.74, 6) is 0. The Bertz CT molecular complexity index is 264. The van der Waals surface area contributed by atoms with Gasteiger partial charge in [0.15, 0.2) is 0 Å². The van der Waals surface area contributed by atoms with Crippen molar-refractivity contribution < 1.29 is 0 Å². The van der Waals surface area contributed by atoms with Crippen LogP contribution in [0.4, 0.5) is 0 Å². The number of pyridine rings is 1. The van der Waals surface area contributed by atoms with Gasteiger partial charge in [0.2, 0.25) is 0 Å². The minimum atomic E-state index is 0. The van der Waals surface area contributed by atoms with Gasteiger partial charge >= 0.3 is 0 Å². The highest BCUT2D eigenvalue weighted by Gasteiger charge is 2.07. The average molecular weight is 244 g/mol. The van der Waals surface area contributed by atoms with E-state index in [-0.39, 0.29) is 12.4 Å². The molecule has 0 aromatic carbocycles. The van der Waals surface area contributed by atoms with Crippen LogP contribution in [-0.2, 0) is 6.54 Å². The fraction of sp³-hybridized carbons (Fsp3) is 0.583. The monoisotopic (exact) mass is 243 g/mol. The van der Waals surface area contributed by atoms with E-state index in [9.17, 15) is 0 Å². The highest BCUT2D eigenvalue weighted by atomic mass is 35.5. The smallest absolute Gasteiger partial charge is 0.0541 e. The van der Waals surface area contributed by atoms with E-state index in [1.54, 1.807) is 0 Å². The third kappa shape index (κ3) is 5.45. The average Bonchev–Trinajstić information content (AvgIpc) is 2.25. The van der Waals surface area contributed by atoms with Crippen molar-refractivity contribution in [2.24, 2.45) is 0 Å². The molecule has 1 aromatic heterocycles. The molecule has 1 N–H and O–H groups in total. The molecule has 0 aliphatic heterocycles. The molecule has 0 saturated carbocycles. The molecular weight excluding hydrogens is 222 g/mol. The van der Waals surface area contributed by atoms with Crippen molar-refractivity contribution in [3.8, 4) is 0 Å². The summed E-state index contributed by atoms with van der Waals surface area (Å²) in [7, 11) is 4.24. The molecule has 0 radical (unpaired) electrons. The normalized spacial score (nSPS) is 12.2. The number of halogens is 1. The lowest BCUT2D eigenvalue weighted by molar-refractivity contribution is 0.275. The molecule has 1 heterocycles. The van der Waals surface area contributed by atoms with Crippen molar-refractivity contribution in [2.75, 3.05) is 20.6 Å². The molecule has 0 aliphatic rings. The minimum absolute atomic E-state index is 0. The molecule has 1 aromatic rings. The summed E-state index contributed by atoms with van der Waals surface area (Å²) >= 11 is 0. The SMILES string of the molecule is CCC(CNCc1ccccn1)N(C)C.Cl. The zero-order valence-electron chi connectivity index (χ0n) is 10.3. The summed E-state index contributed by atoms with van der Waals surface area (Å²) in [6.07, 6.45) is 3.00. The summed E-state index contributed by atoms with van der Waals surface area (Å²) in [5, 5.41) is 3.43. The second kappa shape index (κ2) is 8.50. The van der Waals surface area contributed by atoms with Crippen molar-refractivity contribution >= 4 is 12.4 Å². The Morgan fingerprint density at radius 3 is 2.62 bits per heavy atom.